The summed E-state index contributed by atoms with van der Waals surface area (Å²) in [5.74, 6) is 6.21. The predicted octanol–water partition coefficient (Wildman–Crippen LogP) is 5.28. The summed E-state index contributed by atoms with van der Waals surface area (Å²) in [4.78, 5) is 12.1. The second-order valence-corrected chi connectivity index (χ2v) is 6.00. The molecule has 0 aromatic heterocycles. The maximum Gasteiger partial charge on any atom is 0.416 e. The Morgan fingerprint density at radius 1 is 0.897 bits per heavy atom. The lowest BCUT2D eigenvalue weighted by atomic mass is 10.1. The summed E-state index contributed by atoms with van der Waals surface area (Å²) in [7, 11) is 0. The van der Waals surface area contributed by atoms with Crippen LogP contribution in [0.25, 0.3) is 0 Å². The van der Waals surface area contributed by atoms with Gasteiger partial charge >= 0.3 is 6.18 Å². The van der Waals surface area contributed by atoms with Crippen molar-refractivity contribution in [1.29, 1.82) is 0 Å². The van der Waals surface area contributed by atoms with Crippen molar-refractivity contribution in [3.8, 4) is 23.3 Å². The van der Waals surface area contributed by atoms with Crippen molar-refractivity contribution in [2.24, 2.45) is 0 Å². The smallest absolute Gasteiger partial charge is 0.416 e. The molecule has 1 N–H and O–H groups in total. The van der Waals surface area contributed by atoms with Crippen LogP contribution < -0.4 is 10.1 Å². The summed E-state index contributed by atoms with van der Waals surface area (Å²) in [5.41, 5.74) is -0.103. The van der Waals surface area contributed by atoms with Crippen LogP contribution in [0.3, 0.4) is 0 Å². The van der Waals surface area contributed by atoms with E-state index in [0.717, 1.165) is 12.1 Å². The zero-order valence-corrected chi connectivity index (χ0v) is 15.2. The molecule has 0 fully saturated rings. The molecule has 1 amide bonds. The van der Waals surface area contributed by atoms with E-state index in [9.17, 15) is 18.0 Å². The lowest BCUT2D eigenvalue weighted by Crippen LogP contribution is -2.23. The van der Waals surface area contributed by atoms with E-state index in [1.165, 1.54) is 12.1 Å². The number of carbonyl (C=O) groups is 1. The molecule has 0 saturated carbocycles. The molecule has 0 saturated heterocycles. The van der Waals surface area contributed by atoms with Crippen LogP contribution in [0.4, 0.5) is 13.2 Å². The number of amides is 1. The Labute approximate surface area is 166 Å². The van der Waals surface area contributed by atoms with Gasteiger partial charge in [0.15, 0.2) is 0 Å². The van der Waals surface area contributed by atoms with Crippen molar-refractivity contribution < 1.29 is 22.7 Å². The maximum atomic E-state index is 12.7. The fourth-order valence-electron chi connectivity index (χ4n) is 2.45. The number of hydrogen-bond donors (Lipinski definition) is 1. The summed E-state index contributed by atoms with van der Waals surface area (Å²) < 4.78 is 43.7. The highest BCUT2D eigenvalue weighted by Crippen LogP contribution is 2.29. The first-order valence-corrected chi connectivity index (χ1v) is 8.69. The Hall–Kier alpha value is -3.72. The third-order valence-electron chi connectivity index (χ3n) is 3.86. The molecule has 3 aromatic carbocycles. The first kappa shape index (κ1) is 20.0. The lowest BCUT2D eigenvalue weighted by molar-refractivity contribution is -0.137. The number of alkyl halides is 3. The molecule has 0 radical (unpaired) electrons. The van der Waals surface area contributed by atoms with E-state index in [4.69, 9.17) is 4.74 Å². The Kier molecular flexibility index (Phi) is 6.20. The van der Waals surface area contributed by atoms with Gasteiger partial charge in [0.2, 0.25) is 0 Å². The quantitative estimate of drug-likeness (QED) is 0.611. The summed E-state index contributed by atoms with van der Waals surface area (Å²) in [6, 6.07) is 20.6. The average molecular weight is 395 g/mol. The van der Waals surface area contributed by atoms with Crippen LogP contribution in [0.15, 0.2) is 78.9 Å². The van der Waals surface area contributed by atoms with E-state index in [1.807, 2.05) is 30.3 Å². The standard InChI is InChI=1S/C23H16F3NO2/c24-23(25,26)19-8-4-6-17(16-19)7-5-15-27-22(28)18-11-13-21(14-12-18)29-20-9-2-1-3-10-20/h1-4,6,8-14,16H,15H2,(H,27,28). The first-order valence-electron chi connectivity index (χ1n) is 8.69. The van der Waals surface area contributed by atoms with Gasteiger partial charge in [-0.3, -0.25) is 4.79 Å². The molecule has 3 rings (SSSR count). The molecule has 0 unspecified atom stereocenters. The van der Waals surface area contributed by atoms with E-state index < -0.39 is 11.7 Å². The highest BCUT2D eigenvalue weighted by Gasteiger charge is 2.30. The Morgan fingerprint density at radius 3 is 2.28 bits per heavy atom. The summed E-state index contributed by atoms with van der Waals surface area (Å²) in [5, 5.41) is 2.61. The number of nitrogens with one attached hydrogen (secondary N) is 1. The van der Waals surface area contributed by atoms with Crippen molar-refractivity contribution >= 4 is 5.91 Å². The fourth-order valence-corrected chi connectivity index (χ4v) is 2.45. The number of ether oxygens (including phenoxy) is 1. The monoisotopic (exact) mass is 395 g/mol. The third kappa shape index (κ3) is 5.88. The van der Waals surface area contributed by atoms with Crippen LogP contribution in [-0.2, 0) is 6.18 Å². The topological polar surface area (TPSA) is 38.3 Å². The SMILES string of the molecule is O=C(NCC#Cc1cccc(C(F)(F)F)c1)c1ccc(Oc2ccccc2)cc1. The van der Waals surface area contributed by atoms with Gasteiger partial charge in [0.05, 0.1) is 12.1 Å². The molecule has 0 atom stereocenters. The van der Waals surface area contributed by atoms with Gasteiger partial charge < -0.3 is 10.1 Å². The molecule has 29 heavy (non-hydrogen) atoms. The summed E-state index contributed by atoms with van der Waals surface area (Å²) in [6.45, 7) is 0.0113. The number of hydrogen-bond acceptors (Lipinski definition) is 2. The van der Waals surface area contributed by atoms with Crippen LogP contribution in [0, 0.1) is 11.8 Å². The highest BCUT2D eigenvalue weighted by molar-refractivity contribution is 5.94. The average Bonchev–Trinajstić information content (AvgIpc) is 2.72. The van der Waals surface area contributed by atoms with E-state index in [1.54, 1.807) is 24.3 Å². The molecule has 0 aliphatic heterocycles. The molecule has 0 heterocycles. The van der Waals surface area contributed by atoms with Crippen LogP contribution in [0.2, 0.25) is 0 Å². The molecule has 0 bridgehead atoms. The molecule has 146 valence electrons. The number of halogens is 3. The molecule has 0 aliphatic rings. The number of para-hydroxylation sites is 1. The molecule has 3 nitrogen and oxygen atoms in total. The van der Waals surface area contributed by atoms with Crippen molar-refractivity contribution in [2.75, 3.05) is 6.54 Å². The number of rotatable bonds is 4. The van der Waals surface area contributed by atoms with Gasteiger partial charge in [-0.15, -0.1) is 0 Å². The second kappa shape index (κ2) is 8.98. The van der Waals surface area contributed by atoms with Crippen LogP contribution in [-0.4, -0.2) is 12.5 Å². The van der Waals surface area contributed by atoms with Gasteiger partial charge in [-0.1, -0.05) is 36.1 Å². The van der Waals surface area contributed by atoms with Crippen LogP contribution >= 0.6 is 0 Å². The largest absolute Gasteiger partial charge is 0.457 e. The third-order valence-corrected chi connectivity index (χ3v) is 3.86. The minimum Gasteiger partial charge on any atom is -0.457 e. The van der Waals surface area contributed by atoms with E-state index in [2.05, 4.69) is 17.2 Å². The van der Waals surface area contributed by atoms with Gasteiger partial charge in [-0.05, 0) is 54.6 Å². The Bertz CT molecular complexity index is 1030. The van der Waals surface area contributed by atoms with Gasteiger partial charge in [0.25, 0.3) is 5.91 Å². The zero-order valence-electron chi connectivity index (χ0n) is 15.2. The minimum atomic E-state index is -4.41. The zero-order chi connectivity index (χ0) is 20.7. The predicted molar refractivity (Wildman–Crippen MR) is 104 cm³/mol. The molecular weight excluding hydrogens is 379 g/mol. The van der Waals surface area contributed by atoms with Crippen LogP contribution in [0.5, 0.6) is 11.5 Å². The van der Waals surface area contributed by atoms with E-state index >= 15 is 0 Å². The van der Waals surface area contributed by atoms with Crippen molar-refractivity contribution in [3.05, 3.63) is 95.6 Å². The van der Waals surface area contributed by atoms with Crippen molar-refractivity contribution in [2.45, 2.75) is 6.18 Å². The maximum absolute atomic E-state index is 12.7. The second-order valence-electron chi connectivity index (χ2n) is 6.00. The van der Waals surface area contributed by atoms with Gasteiger partial charge in [-0.2, -0.15) is 13.2 Å². The summed E-state index contributed by atoms with van der Waals surface area (Å²) >= 11 is 0. The molecule has 0 spiro atoms. The van der Waals surface area contributed by atoms with Crippen molar-refractivity contribution in [3.63, 3.8) is 0 Å². The molecule has 6 heteroatoms. The lowest BCUT2D eigenvalue weighted by Gasteiger charge is -2.06. The first-order chi connectivity index (χ1) is 13.9. The van der Waals surface area contributed by atoms with Gasteiger partial charge in [0, 0.05) is 11.1 Å². The van der Waals surface area contributed by atoms with E-state index in [-0.39, 0.29) is 18.0 Å². The number of carbonyl (C=O) groups excluding carboxylic acids is 1. The van der Waals surface area contributed by atoms with E-state index in [0.29, 0.717) is 17.1 Å². The molecular formula is C23H16F3NO2. The van der Waals surface area contributed by atoms with Crippen LogP contribution in [0.1, 0.15) is 21.5 Å². The highest BCUT2D eigenvalue weighted by atomic mass is 19.4. The molecule has 0 aliphatic carbocycles. The van der Waals surface area contributed by atoms with Gasteiger partial charge in [-0.25, -0.2) is 0 Å². The molecule has 3 aromatic rings. The Balaban J connectivity index is 1.55. The summed E-state index contributed by atoms with van der Waals surface area (Å²) in [6.07, 6.45) is -4.41. The number of benzene rings is 3. The Morgan fingerprint density at radius 2 is 1.59 bits per heavy atom. The fraction of sp³-hybridized carbons (Fsp3) is 0.0870. The normalized spacial score (nSPS) is 10.6. The minimum absolute atomic E-state index is 0.0113. The van der Waals surface area contributed by atoms with Crippen molar-refractivity contribution in [1.82, 2.24) is 5.32 Å². The van der Waals surface area contributed by atoms with Gasteiger partial charge in [0.1, 0.15) is 11.5 Å².